The Morgan fingerprint density at radius 1 is 0.966 bits per heavy atom. The Bertz CT molecular complexity index is 1130. The van der Waals surface area contributed by atoms with Crippen molar-refractivity contribution in [2.75, 3.05) is 16.2 Å². The second-order valence-electron chi connectivity index (χ2n) is 6.64. The monoisotopic (exact) mass is 428 g/mol. The number of para-hydroxylation sites is 1. The van der Waals surface area contributed by atoms with Gasteiger partial charge in [0.2, 0.25) is 5.91 Å². The van der Waals surface area contributed by atoms with E-state index >= 15 is 0 Å². The molecule has 0 aliphatic rings. The van der Waals surface area contributed by atoms with Gasteiger partial charge in [0.25, 0.3) is 10.0 Å². The maximum atomic E-state index is 13.3. The molecule has 0 heterocycles. The second-order valence-corrected chi connectivity index (χ2v) is 8.91. The molecule has 3 aromatic carbocycles. The van der Waals surface area contributed by atoms with E-state index < -0.39 is 22.5 Å². The molecular weight excluding hydrogens is 408 g/mol. The number of nitrogens with one attached hydrogen (secondary N) is 1. The van der Waals surface area contributed by atoms with Crippen molar-refractivity contribution < 1.29 is 13.2 Å². The van der Waals surface area contributed by atoms with Crippen LogP contribution in [0.2, 0.25) is 5.02 Å². The van der Waals surface area contributed by atoms with E-state index in [1.807, 2.05) is 32.0 Å². The molecule has 3 rings (SSSR count). The molecule has 150 valence electrons. The number of rotatable bonds is 6. The first-order chi connectivity index (χ1) is 13.8. The minimum absolute atomic E-state index is 0.0828. The molecule has 0 unspecified atom stereocenters. The average Bonchev–Trinajstić information content (AvgIpc) is 2.70. The Balaban J connectivity index is 1.97. The zero-order chi connectivity index (χ0) is 21.0. The van der Waals surface area contributed by atoms with E-state index in [-0.39, 0.29) is 15.6 Å². The number of benzene rings is 3. The smallest absolute Gasteiger partial charge is 0.264 e. The highest BCUT2D eigenvalue weighted by Gasteiger charge is 2.28. The predicted octanol–water partition coefficient (Wildman–Crippen LogP) is 4.79. The van der Waals surface area contributed by atoms with Crippen LogP contribution in [-0.2, 0) is 14.8 Å². The van der Waals surface area contributed by atoms with Crippen LogP contribution in [0.25, 0.3) is 0 Å². The summed E-state index contributed by atoms with van der Waals surface area (Å²) >= 11 is 6.26. The number of carbonyl (C=O) groups is 1. The minimum Gasteiger partial charge on any atom is -0.324 e. The van der Waals surface area contributed by atoms with E-state index in [2.05, 4.69) is 5.32 Å². The first-order valence-electron chi connectivity index (χ1n) is 8.98. The van der Waals surface area contributed by atoms with Crippen molar-refractivity contribution in [2.24, 2.45) is 0 Å². The van der Waals surface area contributed by atoms with Gasteiger partial charge in [0.1, 0.15) is 6.54 Å². The molecule has 0 aromatic heterocycles. The summed E-state index contributed by atoms with van der Waals surface area (Å²) in [5, 5.41) is 3.05. The largest absolute Gasteiger partial charge is 0.324 e. The fraction of sp³-hybridized carbons (Fsp3) is 0.136. The van der Waals surface area contributed by atoms with Crippen LogP contribution in [0, 0.1) is 13.8 Å². The fourth-order valence-electron chi connectivity index (χ4n) is 2.86. The molecule has 5 nitrogen and oxygen atoms in total. The molecule has 0 fully saturated rings. The zero-order valence-electron chi connectivity index (χ0n) is 16.1. The van der Waals surface area contributed by atoms with E-state index in [1.165, 1.54) is 12.1 Å². The number of amides is 1. The molecule has 0 aliphatic heterocycles. The lowest BCUT2D eigenvalue weighted by Crippen LogP contribution is -2.38. The highest BCUT2D eigenvalue weighted by molar-refractivity contribution is 7.92. The lowest BCUT2D eigenvalue weighted by atomic mass is 10.1. The molecule has 1 amide bonds. The van der Waals surface area contributed by atoms with Gasteiger partial charge in [-0.3, -0.25) is 9.10 Å². The summed E-state index contributed by atoms with van der Waals surface area (Å²) in [5.74, 6) is -0.460. The van der Waals surface area contributed by atoms with E-state index in [9.17, 15) is 13.2 Å². The third-order valence-electron chi connectivity index (χ3n) is 4.41. The molecule has 0 saturated heterocycles. The quantitative estimate of drug-likeness (QED) is 0.613. The summed E-state index contributed by atoms with van der Waals surface area (Å²) in [6, 6.07) is 20.2. The number of nitrogens with zero attached hydrogens (tertiary/aromatic N) is 1. The first kappa shape index (κ1) is 20.9. The molecule has 3 aromatic rings. The summed E-state index contributed by atoms with van der Waals surface area (Å²) in [7, 11) is -3.99. The topological polar surface area (TPSA) is 66.5 Å². The Hall–Kier alpha value is -2.83. The molecule has 0 bridgehead atoms. The van der Waals surface area contributed by atoms with Crippen LogP contribution in [0.15, 0.2) is 77.7 Å². The Morgan fingerprint density at radius 3 is 2.31 bits per heavy atom. The van der Waals surface area contributed by atoms with Crippen LogP contribution < -0.4 is 9.62 Å². The lowest BCUT2D eigenvalue weighted by molar-refractivity contribution is -0.114. The number of sulfonamides is 1. The van der Waals surface area contributed by atoms with E-state index in [4.69, 9.17) is 11.6 Å². The second kappa shape index (κ2) is 8.68. The number of halogens is 1. The van der Waals surface area contributed by atoms with Crippen molar-refractivity contribution in [1.82, 2.24) is 0 Å². The van der Waals surface area contributed by atoms with Crippen molar-refractivity contribution in [2.45, 2.75) is 18.7 Å². The normalized spacial score (nSPS) is 11.1. The van der Waals surface area contributed by atoms with Gasteiger partial charge < -0.3 is 5.32 Å². The molecular formula is C22H21ClN2O3S. The summed E-state index contributed by atoms with van der Waals surface area (Å²) in [4.78, 5) is 12.9. The van der Waals surface area contributed by atoms with Gasteiger partial charge in [0, 0.05) is 5.69 Å². The minimum atomic E-state index is -3.99. The molecule has 0 atom stereocenters. The third kappa shape index (κ3) is 4.78. The number of carbonyl (C=O) groups excluding carboxylic acids is 1. The summed E-state index contributed by atoms with van der Waals surface area (Å²) < 4.78 is 27.6. The van der Waals surface area contributed by atoms with Crippen molar-refractivity contribution in [3.05, 3.63) is 88.9 Å². The van der Waals surface area contributed by atoms with Crippen LogP contribution in [0.3, 0.4) is 0 Å². The van der Waals surface area contributed by atoms with Crippen molar-refractivity contribution in [3.63, 3.8) is 0 Å². The lowest BCUT2D eigenvalue weighted by Gasteiger charge is -2.25. The molecule has 0 radical (unpaired) electrons. The molecule has 29 heavy (non-hydrogen) atoms. The van der Waals surface area contributed by atoms with Crippen LogP contribution in [0.5, 0.6) is 0 Å². The summed E-state index contributed by atoms with van der Waals surface area (Å²) in [6.45, 7) is 3.39. The van der Waals surface area contributed by atoms with Gasteiger partial charge in [-0.1, -0.05) is 54.1 Å². The van der Waals surface area contributed by atoms with Gasteiger partial charge in [-0.05, 0) is 55.3 Å². The third-order valence-corrected chi connectivity index (χ3v) is 6.50. The van der Waals surface area contributed by atoms with Gasteiger partial charge in [0.15, 0.2) is 0 Å². The van der Waals surface area contributed by atoms with Crippen LogP contribution in [-0.4, -0.2) is 20.9 Å². The molecule has 0 saturated carbocycles. The maximum Gasteiger partial charge on any atom is 0.264 e. The Labute approximate surface area is 176 Å². The SMILES string of the molecule is Cc1ccc(C)c(NC(=O)CN(c2ccccc2Cl)S(=O)(=O)c2ccccc2)c1. The van der Waals surface area contributed by atoms with Gasteiger partial charge in [-0.25, -0.2) is 8.42 Å². The van der Waals surface area contributed by atoms with E-state index in [0.717, 1.165) is 15.4 Å². The van der Waals surface area contributed by atoms with Gasteiger partial charge in [-0.15, -0.1) is 0 Å². The number of hydrogen-bond acceptors (Lipinski definition) is 3. The Kier molecular flexibility index (Phi) is 6.25. The number of aryl methyl sites for hydroxylation is 2. The van der Waals surface area contributed by atoms with Gasteiger partial charge in [-0.2, -0.15) is 0 Å². The zero-order valence-corrected chi connectivity index (χ0v) is 17.7. The maximum absolute atomic E-state index is 13.3. The Morgan fingerprint density at radius 2 is 1.62 bits per heavy atom. The van der Waals surface area contributed by atoms with Crippen LogP contribution in [0.1, 0.15) is 11.1 Å². The van der Waals surface area contributed by atoms with E-state index in [1.54, 1.807) is 42.5 Å². The predicted molar refractivity (Wildman–Crippen MR) is 117 cm³/mol. The number of hydrogen-bond donors (Lipinski definition) is 1. The van der Waals surface area contributed by atoms with Crippen LogP contribution >= 0.6 is 11.6 Å². The molecule has 0 aliphatic carbocycles. The number of anilines is 2. The van der Waals surface area contributed by atoms with Crippen LogP contribution in [0.4, 0.5) is 11.4 Å². The molecule has 7 heteroatoms. The highest BCUT2D eigenvalue weighted by atomic mass is 35.5. The fourth-order valence-corrected chi connectivity index (χ4v) is 4.61. The van der Waals surface area contributed by atoms with Crippen molar-refractivity contribution >= 4 is 38.9 Å². The van der Waals surface area contributed by atoms with Crippen molar-refractivity contribution in [3.8, 4) is 0 Å². The van der Waals surface area contributed by atoms with E-state index in [0.29, 0.717) is 5.69 Å². The van der Waals surface area contributed by atoms with Crippen molar-refractivity contribution in [1.29, 1.82) is 0 Å². The highest BCUT2D eigenvalue weighted by Crippen LogP contribution is 2.30. The average molecular weight is 429 g/mol. The summed E-state index contributed by atoms with van der Waals surface area (Å²) in [6.07, 6.45) is 0. The molecule has 0 spiro atoms. The molecule has 1 N–H and O–H groups in total. The summed E-state index contributed by atoms with van der Waals surface area (Å²) in [5.41, 5.74) is 2.77. The van der Waals surface area contributed by atoms with Gasteiger partial charge in [0.05, 0.1) is 15.6 Å². The van der Waals surface area contributed by atoms with Gasteiger partial charge >= 0.3 is 0 Å². The standard InChI is InChI=1S/C22H21ClN2O3S/c1-16-12-13-17(2)20(14-16)24-22(26)15-25(21-11-7-6-10-19(21)23)29(27,28)18-8-4-3-5-9-18/h3-14H,15H2,1-2H3,(H,24,26). The first-order valence-corrected chi connectivity index (χ1v) is 10.8.